The lowest BCUT2D eigenvalue weighted by Gasteiger charge is -2.20. The molecule has 3 aromatic carbocycles. The van der Waals surface area contributed by atoms with Gasteiger partial charge in [0.05, 0.1) is 12.8 Å². The molecule has 0 aromatic heterocycles. The van der Waals surface area contributed by atoms with Crippen LogP contribution in [-0.2, 0) is 17.8 Å². The van der Waals surface area contributed by atoms with E-state index in [1.54, 1.807) is 14.2 Å². The van der Waals surface area contributed by atoms with Gasteiger partial charge in [-0.25, -0.2) is 0 Å². The number of anilines is 1. The third-order valence-electron chi connectivity index (χ3n) is 5.37. The first kappa shape index (κ1) is 27.2. The van der Waals surface area contributed by atoms with Crippen molar-refractivity contribution >= 4 is 41.5 Å². The third kappa shape index (κ3) is 8.37. The second-order valence-corrected chi connectivity index (χ2v) is 7.82. The molecule has 1 amide bonds. The van der Waals surface area contributed by atoms with Gasteiger partial charge >= 0.3 is 0 Å². The zero-order valence-electron chi connectivity index (χ0n) is 19.9. The molecule has 0 saturated heterocycles. The Morgan fingerprint density at radius 1 is 0.941 bits per heavy atom. The van der Waals surface area contributed by atoms with E-state index >= 15 is 0 Å². The third-order valence-corrected chi connectivity index (χ3v) is 5.37. The maximum atomic E-state index is 11.5. The number of benzene rings is 3. The number of rotatable bonds is 9. The number of hydrogen-bond acceptors (Lipinski definition) is 3. The zero-order chi connectivity index (χ0) is 23.5. The Morgan fingerprint density at radius 2 is 1.62 bits per heavy atom. The summed E-state index contributed by atoms with van der Waals surface area (Å²) >= 11 is 0. The number of aliphatic imine (C=N–C) groups is 1. The van der Waals surface area contributed by atoms with Gasteiger partial charge in [0.15, 0.2) is 5.96 Å². The SMILES string of the molecule is CN=C(NCc1ccc(OC)c(NC(C)=O)c1)NCC(Cc1ccccc1)c1ccccc1.I. The first-order valence-corrected chi connectivity index (χ1v) is 11.1. The van der Waals surface area contributed by atoms with Crippen LogP contribution in [0.4, 0.5) is 5.69 Å². The van der Waals surface area contributed by atoms with E-state index < -0.39 is 0 Å². The molecule has 0 fully saturated rings. The summed E-state index contributed by atoms with van der Waals surface area (Å²) in [5, 5.41) is 9.64. The summed E-state index contributed by atoms with van der Waals surface area (Å²) in [4.78, 5) is 15.9. The molecule has 3 N–H and O–H groups in total. The van der Waals surface area contributed by atoms with Crippen molar-refractivity contribution in [3.8, 4) is 5.75 Å². The molecule has 0 radical (unpaired) electrons. The molecule has 0 aliphatic carbocycles. The van der Waals surface area contributed by atoms with Crippen LogP contribution < -0.4 is 20.7 Å². The van der Waals surface area contributed by atoms with E-state index in [4.69, 9.17) is 4.74 Å². The van der Waals surface area contributed by atoms with Gasteiger partial charge in [0.2, 0.25) is 5.91 Å². The molecule has 1 unspecified atom stereocenters. The van der Waals surface area contributed by atoms with Crippen molar-refractivity contribution in [3.63, 3.8) is 0 Å². The monoisotopic (exact) mass is 572 g/mol. The van der Waals surface area contributed by atoms with E-state index in [1.807, 2.05) is 30.3 Å². The Labute approximate surface area is 219 Å². The fraction of sp³-hybridized carbons (Fsp3) is 0.259. The van der Waals surface area contributed by atoms with Gasteiger partial charge in [-0.2, -0.15) is 0 Å². The van der Waals surface area contributed by atoms with Crippen molar-refractivity contribution < 1.29 is 9.53 Å². The smallest absolute Gasteiger partial charge is 0.221 e. The summed E-state index contributed by atoms with van der Waals surface area (Å²) in [7, 11) is 3.35. The fourth-order valence-electron chi connectivity index (χ4n) is 3.71. The predicted molar refractivity (Wildman–Crippen MR) is 150 cm³/mol. The lowest BCUT2D eigenvalue weighted by molar-refractivity contribution is -0.114. The van der Waals surface area contributed by atoms with Crippen LogP contribution in [0.3, 0.4) is 0 Å². The Bertz CT molecular complexity index is 1060. The quantitative estimate of drug-likeness (QED) is 0.193. The maximum absolute atomic E-state index is 11.5. The van der Waals surface area contributed by atoms with Gasteiger partial charge in [0.25, 0.3) is 0 Å². The molecule has 180 valence electrons. The average molecular weight is 572 g/mol. The van der Waals surface area contributed by atoms with E-state index in [2.05, 4.69) is 69.5 Å². The molecular formula is C27H33IN4O2. The molecule has 3 aromatic rings. The van der Waals surface area contributed by atoms with Crippen LogP contribution in [0.15, 0.2) is 83.9 Å². The number of nitrogens with one attached hydrogen (secondary N) is 3. The summed E-state index contributed by atoms with van der Waals surface area (Å²) in [5.41, 5.74) is 4.25. The normalized spacial score (nSPS) is 11.7. The van der Waals surface area contributed by atoms with E-state index in [9.17, 15) is 4.79 Å². The first-order chi connectivity index (χ1) is 16.1. The van der Waals surface area contributed by atoms with Crippen LogP contribution in [0.2, 0.25) is 0 Å². The summed E-state index contributed by atoms with van der Waals surface area (Å²) in [6.07, 6.45) is 0.938. The van der Waals surface area contributed by atoms with Crippen LogP contribution in [-0.4, -0.2) is 32.6 Å². The zero-order valence-corrected chi connectivity index (χ0v) is 22.2. The van der Waals surface area contributed by atoms with Crippen molar-refractivity contribution in [3.05, 3.63) is 95.6 Å². The number of carbonyl (C=O) groups excluding carboxylic acids is 1. The second-order valence-electron chi connectivity index (χ2n) is 7.82. The average Bonchev–Trinajstić information content (AvgIpc) is 2.84. The Kier molecular flexibility index (Phi) is 11.4. The number of nitrogens with zero attached hydrogens (tertiary/aromatic N) is 1. The van der Waals surface area contributed by atoms with Gasteiger partial charge in [-0.15, -0.1) is 24.0 Å². The van der Waals surface area contributed by atoms with E-state index in [-0.39, 0.29) is 29.9 Å². The summed E-state index contributed by atoms with van der Waals surface area (Å²) < 4.78 is 5.33. The summed E-state index contributed by atoms with van der Waals surface area (Å²) in [5.74, 6) is 1.52. The topological polar surface area (TPSA) is 74.8 Å². The number of halogens is 1. The number of amides is 1. The van der Waals surface area contributed by atoms with Gasteiger partial charge in [0, 0.05) is 33.0 Å². The number of methoxy groups -OCH3 is 1. The van der Waals surface area contributed by atoms with Gasteiger partial charge < -0.3 is 20.7 Å². The van der Waals surface area contributed by atoms with Gasteiger partial charge in [0.1, 0.15) is 5.75 Å². The minimum Gasteiger partial charge on any atom is -0.495 e. The van der Waals surface area contributed by atoms with Crippen molar-refractivity contribution in [2.45, 2.75) is 25.8 Å². The molecule has 0 heterocycles. The van der Waals surface area contributed by atoms with Crippen molar-refractivity contribution in [1.82, 2.24) is 10.6 Å². The summed E-state index contributed by atoms with van der Waals surface area (Å²) in [6, 6.07) is 26.8. The highest BCUT2D eigenvalue weighted by Crippen LogP contribution is 2.25. The van der Waals surface area contributed by atoms with Crippen molar-refractivity contribution in [1.29, 1.82) is 0 Å². The molecule has 6 nitrogen and oxygen atoms in total. The lowest BCUT2D eigenvalue weighted by Crippen LogP contribution is -2.39. The maximum Gasteiger partial charge on any atom is 0.221 e. The fourth-order valence-corrected chi connectivity index (χ4v) is 3.71. The molecule has 3 rings (SSSR count). The van der Waals surface area contributed by atoms with E-state index in [1.165, 1.54) is 18.1 Å². The molecule has 0 spiro atoms. The Morgan fingerprint density at radius 3 is 2.24 bits per heavy atom. The van der Waals surface area contributed by atoms with E-state index in [0.717, 1.165) is 24.5 Å². The summed E-state index contributed by atoms with van der Waals surface area (Å²) in [6.45, 7) is 2.79. The van der Waals surface area contributed by atoms with Gasteiger partial charge in [-0.1, -0.05) is 66.7 Å². The molecule has 1 atom stereocenters. The van der Waals surface area contributed by atoms with Crippen molar-refractivity contribution in [2.75, 3.05) is 26.0 Å². The van der Waals surface area contributed by atoms with Crippen LogP contribution in [0.1, 0.15) is 29.5 Å². The molecular weight excluding hydrogens is 539 g/mol. The molecule has 0 aliphatic rings. The molecule has 7 heteroatoms. The molecule has 0 saturated carbocycles. The highest BCUT2D eigenvalue weighted by molar-refractivity contribution is 14.0. The highest BCUT2D eigenvalue weighted by atomic mass is 127. The van der Waals surface area contributed by atoms with Gasteiger partial charge in [-0.3, -0.25) is 9.79 Å². The standard InChI is InChI=1S/C27H32N4O2.HI/c1-20(32)31-25-17-22(14-15-26(25)33-3)18-29-27(28-2)30-19-24(23-12-8-5-9-13-23)16-21-10-6-4-7-11-21;/h4-15,17,24H,16,18-19H2,1-3H3,(H,31,32)(H2,28,29,30);1H. The first-order valence-electron chi connectivity index (χ1n) is 11.1. The Hall–Kier alpha value is -3.07. The number of guanidine groups is 1. The minimum absolute atomic E-state index is 0. The largest absolute Gasteiger partial charge is 0.495 e. The number of ether oxygens (including phenoxy) is 1. The van der Waals surface area contributed by atoms with Crippen molar-refractivity contribution in [2.24, 2.45) is 4.99 Å². The Balaban J connectivity index is 0.00000408. The molecule has 0 aliphatic heterocycles. The highest BCUT2D eigenvalue weighted by Gasteiger charge is 2.13. The lowest BCUT2D eigenvalue weighted by atomic mass is 9.92. The second kappa shape index (κ2) is 14.2. The van der Waals surface area contributed by atoms with Gasteiger partial charge in [-0.05, 0) is 35.2 Å². The molecule has 0 bridgehead atoms. The predicted octanol–water partition coefficient (Wildman–Crippen LogP) is 4.96. The van der Waals surface area contributed by atoms with Crippen LogP contribution >= 0.6 is 24.0 Å². The minimum atomic E-state index is -0.138. The molecule has 34 heavy (non-hydrogen) atoms. The number of carbonyl (C=O) groups is 1. The van der Waals surface area contributed by atoms with E-state index in [0.29, 0.717) is 23.9 Å². The number of hydrogen-bond donors (Lipinski definition) is 3. The van der Waals surface area contributed by atoms with Crippen LogP contribution in [0, 0.1) is 0 Å². The van der Waals surface area contributed by atoms with Crippen LogP contribution in [0.25, 0.3) is 0 Å². The van der Waals surface area contributed by atoms with Crippen LogP contribution in [0.5, 0.6) is 5.75 Å².